The van der Waals surface area contributed by atoms with Crippen LogP contribution in [0.5, 0.6) is 0 Å². The Kier molecular flexibility index (Phi) is 3.84. The summed E-state index contributed by atoms with van der Waals surface area (Å²) >= 11 is 1.61. The summed E-state index contributed by atoms with van der Waals surface area (Å²) in [6.45, 7) is 3.48. The Labute approximate surface area is 109 Å². The largest absolute Gasteiger partial charge is 0.326 e. The molecule has 92 valence electrons. The zero-order chi connectivity index (χ0) is 13.0. The van der Waals surface area contributed by atoms with Crippen LogP contribution >= 0.6 is 11.3 Å². The third kappa shape index (κ3) is 3.24. The summed E-state index contributed by atoms with van der Waals surface area (Å²) in [5.41, 5.74) is 3.53. The molecular formula is C13H13N3OS. The van der Waals surface area contributed by atoms with E-state index in [-0.39, 0.29) is 5.91 Å². The molecule has 18 heavy (non-hydrogen) atoms. The molecule has 0 saturated carbocycles. The number of nitrogens with one attached hydrogen (secondary N) is 1. The quantitative estimate of drug-likeness (QED) is 0.814. The Balaban J connectivity index is 2.09. The van der Waals surface area contributed by atoms with Crippen LogP contribution in [0.2, 0.25) is 0 Å². The molecular weight excluding hydrogens is 246 g/mol. The number of azo groups is 1. The highest BCUT2D eigenvalue weighted by molar-refractivity contribution is 7.08. The number of benzene rings is 1. The van der Waals surface area contributed by atoms with Crippen molar-refractivity contribution in [3.63, 3.8) is 0 Å². The maximum atomic E-state index is 10.9. The fraction of sp³-hybridized carbons (Fsp3) is 0.154. The van der Waals surface area contributed by atoms with E-state index in [2.05, 4.69) is 15.5 Å². The second kappa shape index (κ2) is 5.55. The van der Waals surface area contributed by atoms with E-state index >= 15 is 0 Å². The smallest absolute Gasteiger partial charge is 0.221 e. The van der Waals surface area contributed by atoms with Crippen molar-refractivity contribution in [2.45, 2.75) is 13.8 Å². The van der Waals surface area contributed by atoms with Crippen LogP contribution in [0, 0.1) is 6.92 Å². The lowest BCUT2D eigenvalue weighted by Crippen LogP contribution is -2.04. The minimum Gasteiger partial charge on any atom is -0.326 e. The first-order chi connectivity index (χ1) is 8.65. The molecule has 0 fully saturated rings. The standard InChI is InChI=1S/C13H13N3OS/c1-9-7-18-8-13(9)16-15-12-5-3-11(4-6-12)14-10(2)17/h3-8H,1-2H3,(H,14,17). The van der Waals surface area contributed by atoms with Gasteiger partial charge in [-0.15, -0.1) is 16.5 Å². The summed E-state index contributed by atoms with van der Waals surface area (Å²) < 4.78 is 0. The van der Waals surface area contributed by atoms with Crippen LogP contribution in [0.15, 0.2) is 45.3 Å². The number of hydrogen-bond donors (Lipinski definition) is 1. The molecule has 1 N–H and O–H groups in total. The molecule has 2 aromatic rings. The number of carbonyl (C=O) groups is 1. The number of anilines is 1. The van der Waals surface area contributed by atoms with Gasteiger partial charge in [0.05, 0.1) is 11.4 Å². The average molecular weight is 259 g/mol. The van der Waals surface area contributed by atoms with Crippen LogP contribution in [0.3, 0.4) is 0 Å². The Morgan fingerprint density at radius 1 is 1.17 bits per heavy atom. The number of thiophene rings is 1. The van der Waals surface area contributed by atoms with Crippen molar-refractivity contribution in [3.05, 3.63) is 40.6 Å². The van der Waals surface area contributed by atoms with Gasteiger partial charge in [0.15, 0.2) is 0 Å². The van der Waals surface area contributed by atoms with Crippen LogP contribution in [-0.4, -0.2) is 5.91 Å². The molecule has 0 aliphatic heterocycles. The van der Waals surface area contributed by atoms with E-state index in [0.717, 1.165) is 22.6 Å². The Morgan fingerprint density at radius 2 is 1.89 bits per heavy atom. The van der Waals surface area contributed by atoms with E-state index in [1.54, 1.807) is 23.5 Å². The van der Waals surface area contributed by atoms with E-state index in [1.165, 1.54) is 6.92 Å². The zero-order valence-electron chi connectivity index (χ0n) is 10.2. The molecule has 1 aromatic carbocycles. The van der Waals surface area contributed by atoms with Crippen molar-refractivity contribution in [2.24, 2.45) is 10.2 Å². The molecule has 1 aromatic heterocycles. The van der Waals surface area contributed by atoms with Gasteiger partial charge in [0.2, 0.25) is 5.91 Å². The monoisotopic (exact) mass is 259 g/mol. The molecule has 0 unspecified atom stereocenters. The lowest BCUT2D eigenvalue weighted by atomic mass is 10.3. The van der Waals surface area contributed by atoms with Crippen LogP contribution < -0.4 is 5.32 Å². The van der Waals surface area contributed by atoms with Crippen molar-refractivity contribution < 1.29 is 4.79 Å². The maximum absolute atomic E-state index is 10.9. The van der Waals surface area contributed by atoms with Crippen LogP contribution in [-0.2, 0) is 4.79 Å². The molecule has 0 aliphatic rings. The molecule has 0 atom stereocenters. The molecule has 0 radical (unpaired) electrons. The van der Waals surface area contributed by atoms with Crippen molar-refractivity contribution in [3.8, 4) is 0 Å². The fourth-order valence-electron chi connectivity index (χ4n) is 1.38. The molecule has 1 heterocycles. The second-order valence-electron chi connectivity index (χ2n) is 3.87. The molecule has 2 rings (SSSR count). The third-order valence-electron chi connectivity index (χ3n) is 2.29. The first-order valence-corrected chi connectivity index (χ1v) is 6.41. The molecule has 0 bridgehead atoms. The third-order valence-corrected chi connectivity index (χ3v) is 3.14. The van der Waals surface area contributed by atoms with Gasteiger partial charge in [-0.2, -0.15) is 5.11 Å². The molecule has 0 spiro atoms. The van der Waals surface area contributed by atoms with Gasteiger partial charge < -0.3 is 5.32 Å². The minimum absolute atomic E-state index is 0.0849. The van der Waals surface area contributed by atoms with Gasteiger partial charge in [-0.3, -0.25) is 4.79 Å². The SMILES string of the molecule is CC(=O)Nc1ccc(N=Nc2cscc2C)cc1. The van der Waals surface area contributed by atoms with Gasteiger partial charge in [-0.05, 0) is 42.1 Å². The first kappa shape index (κ1) is 12.4. The molecule has 1 amide bonds. The van der Waals surface area contributed by atoms with E-state index in [4.69, 9.17) is 0 Å². The summed E-state index contributed by atoms with van der Waals surface area (Å²) in [5.74, 6) is -0.0849. The highest BCUT2D eigenvalue weighted by atomic mass is 32.1. The van der Waals surface area contributed by atoms with E-state index < -0.39 is 0 Å². The lowest BCUT2D eigenvalue weighted by molar-refractivity contribution is -0.114. The molecule has 0 saturated heterocycles. The summed E-state index contributed by atoms with van der Waals surface area (Å²) in [4.78, 5) is 10.9. The number of hydrogen-bond acceptors (Lipinski definition) is 4. The summed E-state index contributed by atoms with van der Waals surface area (Å²) in [7, 11) is 0. The molecule has 5 heteroatoms. The predicted octanol–water partition coefficient (Wildman–Crippen LogP) is 4.43. The maximum Gasteiger partial charge on any atom is 0.221 e. The normalized spacial score (nSPS) is 10.8. The first-order valence-electron chi connectivity index (χ1n) is 5.47. The van der Waals surface area contributed by atoms with Crippen LogP contribution in [0.4, 0.5) is 17.1 Å². The van der Waals surface area contributed by atoms with Crippen LogP contribution in [0.1, 0.15) is 12.5 Å². The highest BCUT2D eigenvalue weighted by Crippen LogP contribution is 2.25. The second-order valence-corrected chi connectivity index (χ2v) is 4.61. The topological polar surface area (TPSA) is 53.8 Å². The Morgan fingerprint density at radius 3 is 2.44 bits per heavy atom. The summed E-state index contributed by atoms with van der Waals surface area (Å²) in [6, 6.07) is 7.24. The Bertz CT molecular complexity index is 572. The number of nitrogens with zero attached hydrogens (tertiary/aromatic N) is 2. The number of aryl methyl sites for hydroxylation is 1. The number of rotatable bonds is 3. The number of amides is 1. The van der Waals surface area contributed by atoms with E-state index in [9.17, 15) is 4.79 Å². The van der Waals surface area contributed by atoms with Gasteiger partial charge in [-0.1, -0.05) is 0 Å². The van der Waals surface area contributed by atoms with Crippen molar-refractivity contribution in [2.75, 3.05) is 5.32 Å². The van der Waals surface area contributed by atoms with Gasteiger partial charge >= 0.3 is 0 Å². The van der Waals surface area contributed by atoms with E-state index in [1.807, 2.05) is 29.8 Å². The fourth-order valence-corrected chi connectivity index (χ4v) is 2.14. The van der Waals surface area contributed by atoms with Crippen molar-refractivity contribution in [1.29, 1.82) is 0 Å². The zero-order valence-corrected chi connectivity index (χ0v) is 11.0. The van der Waals surface area contributed by atoms with Gasteiger partial charge in [-0.25, -0.2) is 0 Å². The Hall–Kier alpha value is -2.01. The van der Waals surface area contributed by atoms with Gasteiger partial charge in [0.1, 0.15) is 0 Å². The van der Waals surface area contributed by atoms with Gasteiger partial charge in [0, 0.05) is 18.0 Å². The molecule has 0 aliphatic carbocycles. The summed E-state index contributed by atoms with van der Waals surface area (Å²) in [5, 5.41) is 15.0. The van der Waals surface area contributed by atoms with Gasteiger partial charge in [0.25, 0.3) is 0 Å². The summed E-state index contributed by atoms with van der Waals surface area (Å²) in [6.07, 6.45) is 0. The number of carbonyl (C=O) groups excluding carboxylic acids is 1. The van der Waals surface area contributed by atoms with Crippen molar-refractivity contribution in [1.82, 2.24) is 0 Å². The minimum atomic E-state index is -0.0849. The van der Waals surface area contributed by atoms with Crippen LogP contribution in [0.25, 0.3) is 0 Å². The van der Waals surface area contributed by atoms with Crippen molar-refractivity contribution >= 4 is 34.3 Å². The molecule has 4 nitrogen and oxygen atoms in total. The lowest BCUT2D eigenvalue weighted by Gasteiger charge is -2.00. The van der Waals surface area contributed by atoms with E-state index in [0.29, 0.717) is 0 Å². The predicted molar refractivity (Wildman–Crippen MR) is 74.0 cm³/mol. The average Bonchev–Trinajstić information content (AvgIpc) is 2.73. The highest BCUT2D eigenvalue weighted by Gasteiger charge is 1.97.